The van der Waals surface area contributed by atoms with Gasteiger partial charge in [-0.2, -0.15) is 0 Å². The van der Waals surface area contributed by atoms with Gasteiger partial charge in [-0.1, -0.05) is 26.2 Å². The van der Waals surface area contributed by atoms with Crippen LogP contribution in [-0.2, 0) is 14.4 Å². The molecule has 152 valence electrons. The minimum absolute atomic E-state index is 0.0271. The third-order valence-corrected chi connectivity index (χ3v) is 6.06. The molecule has 1 aliphatic heterocycles. The van der Waals surface area contributed by atoms with E-state index >= 15 is 0 Å². The van der Waals surface area contributed by atoms with Crippen LogP contribution in [0.5, 0.6) is 5.75 Å². The van der Waals surface area contributed by atoms with Gasteiger partial charge in [0.2, 0.25) is 11.8 Å². The van der Waals surface area contributed by atoms with Crippen LogP contribution in [-0.4, -0.2) is 41.8 Å². The molecule has 0 aromatic heterocycles. The van der Waals surface area contributed by atoms with Gasteiger partial charge in [-0.15, -0.1) is 0 Å². The Labute approximate surface area is 166 Å². The Kier molecular flexibility index (Phi) is 6.37. The third-order valence-electron chi connectivity index (χ3n) is 6.06. The summed E-state index contributed by atoms with van der Waals surface area (Å²) in [4.78, 5) is 42.1. The quantitative estimate of drug-likeness (QED) is 0.702. The molecule has 0 bridgehead atoms. The van der Waals surface area contributed by atoms with E-state index in [2.05, 4.69) is 0 Å². The highest BCUT2D eigenvalue weighted by molar-refractivity contribution is 6.23. The molecule has 2 fully saturated rings. The molecular formula is C22H30N2O4. The summed E-state index contributed by atoms with van der Waals surface area (Å²) in [6, 6.07) is 6.07. The molecule has 0 radical (unpaired) electrons. The normalized spacial score (nSPS) is 21.7. The summed E-state index contributed by atoms with van der Waals surface area (Å²) in [5.74, 6) is 0.107. The van der Waals surface area contributed by atoms with Crippen molar-refractivity contribution in [3.05, 3.63) is 24.3 Å². The van der Waals surface area contributed by atoms with E-state index in [0.717, 1.165) is 32.1 Å². The second-order valence-corrected chi connectivity index (χ2v) is 7.82. The number of rotatable bonds is 6. The zero-order valence-corrected chi connectivity index (χ0v) is 17.0. The van der Waals surface area contributed by atoms with E-state index in [1.165, 1.54) is 11.3 Å². The van der Waals surface area contributed by atoms with Crippen LogP contribution in [0.25, 0.3) is 0 Å². The van der Waals surface area contributed by atoms with Gasteiger partial charge in [0, 0.05) is 12.0 Å². The zero-order chi connectivity index (χ0) is 20.3. The maximum absolute atomic E-state index is 13.3. The van der Waals surface area contributed by atoms with Crippen LogP contribution in [0.3, 0.4) is 0 Å². The van der Waals surface area contributed by atoms with E-state index in [4.69, 9.17) is 4.74 Å². The van der Waals surface area contributed by atoms with Crippen LogP contribution < -0.4 is 9.64 Å². The molecule has 1 saturated heterocycles. The zero-order valence-electron chi connectivity index (χ0n) is 17.0. The molecular weight excluding hydrogens is 356 g/mol. The topological polar surface area (TPSA) is 66.9 Å². The van der Waals surface area contributed by atoms with E-state index in [1.54, 1.807) is 36.3 Å². The number of amides is 3. The molecule has 1 aliphatic carbocycles. The number of nitrogens with zero attached hydrogens (tertiary/aromatic N) is 2. The first-order chi connectivity index (χ1) is 13.5. The summed E-state index contributed by atoms with van der Waals surface area (Å²) in [6.45, 7) is 3.98. The van der Waals surface area contributed by atoms with Gasteiger partial charge in [0.15, 0.2) is 0 Å². The number of hydrogen-bond acceptors (Lipinski definition) is 4. The number of carbonyl (C=O) groups excluding carboxylic acids is 3. The fourth-order valence-corrected chi connectivity index (χ4v) is 4.27. The molecule has 2 aliphatic rings. The minimum atomic E-state index is -0.709. The van der Waals surface area contributed by atoms with Gasteiger partial charge < -0.3 is 9.64 Å². The number of anilines is 1. The number of methoxy groups -OCH3 is 1. The number of ether oxygens (including phenoxy) is 1. The van der Waals surface area contributed by atoms with Crippen molar-refractivity contribution in [1.29, 1.82) is 0 Å². The first-order valence-corrected chi connectivity index (χ1v) is 10.3. The van der Waals surface area contributed by atoms with E-state index in [0.29, 0.717) is 11.4 Å². The van der Waals surface area contributed by atoms with Crippen LogP contribution in [0.2, 0.25) is 0 Å². The molecule has 3 amide bonds. The average Bonchev–Trinajstić information content (AvgIpc) is 3.02. The molecule has 0 N–H and O–H groups in total. The number of hydrogen-bond donors (Lipinski definition) is 0. The largest absolute Gasteiger partial charge is 0.497 e. The molecule has 1 heterocycles. The van der Waals surface area contributed by atoms with E-state index < -0.39 is 6.04 Å². The van der Waals surface area contributed by atoms with E-state index in [-0.39, 0.29) is 36.1 Å². The summed E-state index contributed by atoms with van der Waals surface area (Å²) >= 11 is 0. The maximum atomic E-state index is 13.3. The molecule has 6 nitrogen and oxygen atoms in total. The van der Waals surface area contributed by atoms with Crippen molar-refractivity contribution in [1.82, 2.24) is 4.90 Å². The predicted molar refractivity (Wildman–Crippen MR) is 107 cm³/mol. The van der Waals surface area contributed by atoms with Crippen LogP contribution >= 0.6 is 0 Å². The lowest BCUT2D eigenvalue weighted by Crippen LogP contribution is -2.52. The molecule has 2 atom stereocenters. The van der Waals surface area contributed by atoms with Crippen molar-refractivity contribution in [3.63, 3.8) is 0 Å². The highest BCUT2D eigenvalue weighted by Gasteiger charge is 2.46. The lowest BCUT2D eigenvalue weighted by Gasteiger charge is -2.36. The number of benzene rings is 1. The molecule has 1 aromatic rings. The van der Waals surface area contributed by atoms with E-state index in [1.807, 2.05) is 13.8 Å². The number of carbonyl (C=O) groups is 3. The van der Waals surface area contributed by atoms with Crippen molar-refractivity contribution in [3.8, 4) is 5.75 Å². The number of imide groups is 1. The van der Waals surface area contributed by atoms with Gasteiger partial charge in [-0.25, -0.2) is 4.90 Å². The van der Waals surface area contributed by atoms with Gasteiger partial charge in [0.25, 0.3) is 5.91 Å². The highest BCUT2D eigenvalue weighted by atomic mass is 16.5. The minimum Gasteiger partial charge on any atom is -0.497 e. The Morgan fingerprint density at radius 3 is 2.39 bits per heavy atom. The summed E-state index contributed by atoms with van der Waals surface area (Å²) in [5, 5.41) is 0. The van der Waals surface area contributed by atoms with Crippen molar-refractivity contribution >= 4 is 23.4 Å². The lowest BCUT2D eigenvalue weighted by atomic mass is 9.87. The summed E-state index contributed by atoms with van der Waals surface area (Å²) < 4.78 is 5.15. The second kappa shape index (κ2) is 8.76. The van der Waals surface area contributed by atoms with E-state index in [9.17, 15) is 14.4 Å². The Morgan fingerprint density at radius 2 is 1.82 bits per heavy atom. The molecule has 2 unspecified atom stereocenters. The van der Waals surface area contributed by atoms with Crippen LogP contribution in [0.1, 0.15) is 58.8 Å². The molecule has 28 heavy (non-hydrogen) atoms. The lowest BCUT2D eigenvalue weighted by molar-refractivity contribution is -0.145. The Bertz CT molecular complexity index is 725. The average molecular weight is 386 g/mol. The van der Waals surface area contributed by atoms with Crippen LogP contribution in [0.4, 0.5) is 5.69 Å². The molecule has 1 aromatic carbocycles. The third kappa shape index (κ3) is 3.91. The fraction of sp³-hybridized carbons (Fsp3) is 0.591. The van der Waals surface area contributed by atoms with Crippen LogP contribution in [0, 0.1) is 5.92 Å². The standard InChI is InChI=1S/C22H30N2O4/c1-4-15(2)23(21(26)16-8-6-5-7-9-16)19-14-20(25)24(22(19)27)17-10-12-18(28-3)13-11-17/h10-13,15-16,19H,4-9,14H2,1-3H3. The second-order valence-electron chi connectivity index (χ2n) is 7.82. The smallest absolute Gasteiger partial charge is 0.257 e. The molecule has 1 saturated carbocycles. The van der Waals surface area contributed by atoms with Crippen LogP contribution in [0.15, 0.2) is 24.3 Å². The van der Waals surface area contributed by atoms with Gasteiger partial charge in [-0.3, -0.25) is 14.4 Å². The fourth-order valence-electron chi connectivity index (χ4n) is 4.27. The van der Waals surface area contributed by atoms with Gasteiger partial charge in [0.1, 0.15) is 11.8 Å². The summed E-state index contributed by atoms with van der Waals surface area (Å²) in [7, 11) is 1.57. The predicted octanol–water partition coefficient (Wildman–Crippen LogP) is 3.53. The van der Waals surface area contributed by atoms with Crippen molar-refractivity contribution in [2.75, 3.05) is 12.0 Å². The summed E-state index contributed by atoms with van der Waals surface area (Å²) in [6.07, 6.45) is 5.83. The Hall–Kier alpha value is -2.37. The molecule has 3 rings (SSSR count). The highest BCUT2D eigenvalue weighted by Crippen LogP contribution is 2.32. The Morgan fingerprint density at radius 1 is 1.18 bits per heavy atom. The SMILES string of the molecule is CCC(C)N(C(=O)C1CCCCC1)C1CC(=O)N(c2ccc(OC)cc2)C1=O. The van der Waals surface area contributed by atoms with Gasteiger partial charge in [0.05, 0.1) is 19.2 Å². The monoisotopic (exact) mass is 386 g/mol. The first-order valence-electron chi connectivity index (χ1n) is 10.3. The van der Waals surface area contributed by atoms with Crippen molar-refractivity contribution < 1.29 is 19.1 Å². The maximum Gasteiger partial charge on any atom is 0.257 e. The Balaban J connectivity index is 1.85. The summed E-state index contributed by atoms with van der Waals surface area (Å²) in [5.41, 5.74) is 0.521. The molecule has 0 spiro atoms. The van der Waals surface area contributed by atoms with Crippen molar-refractivity contribution in [2.24, 2.45) is 5.92 Å². The van der Waals surface area contributed by atoms with Crippen molar-refractivity contribution in [2.45, 2.75) is 70.9 Å². The first kappa shape index (κ1) is 20.4. The van der Waals surface area contributed by atoms with Gasteiger partial charge in [-0.05, 0) is 50.5 Å². The molecule has 6 heteroatoms. The van der Waals surface area contributed by atoms with Gasteiger partial charge >= 0.3 is 0 Å².